The van der Waals surface area contributed by atoms with Crippen molar-refractivity contribution in [2.45, 2.75) is 80.8 Å². The third-order valence-corrected chi connectivity index (χ3v) is 10.5. The number of hydrogen-bond donors (Lipinski definition) is 2. The third kappa shape index (κ3) is 9.33. The first-order valence-corrected chi connectivity index (χ1v) is 15.4. The molecule has 1 aromatic heterocycles. The van der Waals surface area contributed by atoms with E-state index in [2.05, 4.69) is 35.0 Å². The Kier molecular flexibility index (Phi) is 11.6. The van der Waals surface area contributed by atoms with Crippen molar-refractivity contribution in [1.82, 2.24) is 20.1 Å². The number of piperazine rings is 1. The molecular formula is C26H44F2N5Pb. The van der Waals surface area contributed by atoms with Crippen molar-refractivity contribution in [3.05, 3.63) is 29.1 Å². The van der Waals surface area contributed by atoms with E-state index in [-0.39, 0.29) is 12.8 Å². The summed E-state index contributed by atoms with van der Waals surface area (Å²) in [5.41, 5.74) is 9.39. The first kappa shape index (κ1) is 28.3. The third-order valence-electron chi connectivity index (χ3n) is 7.53. The number of pyridine rings is 1. The Balaban J connectivity index is 1.49. The van der Waals surface area contributed by atoms with Crippen LogP contribution in [0.1, 0.15) is 61.8 Å². The first-order chi connectivity index (χ1) is 16.3. The molecule has 1 aliphatic heterocycles. The molecule has 0 amide bonds. The normalized spacial score (nSPS) is 22.9. The summed E-state index contributed by atoms with van der Waals surface area (Å²) in [5.74, 6) is -1.89. The molecule has 1 aromatic rings. The molecule has 1 saturated carbocycles. The summed E-state index contributed by atoms with van der Waals surface area (Å²) in [6.07, 6.45) is 6.94. The SMILES string of the molecule is Cc1cnc(CN(CCCCN)CC2CN(CC[CH]([Pb])C3CCC(F)(F)CC3)CCN2)c(C)c1. The summed E-state index contributed by atoms with van der Waals surface area (Å²) >= 11 is 1.11. The molecule has 2 aliphatic rings. The van der Waals surface area contributed by atoms with E-state index in [4.69, 9.17) is 10.7 Å². The van der Waals surface area contributed by atoms with Gasteiger partial charge in [-0.2, -0.15) is 0 Å². The van der Waals surface area contributed by atoms with E-state index in [9.17, 15) is 8.78 Å². The molecule has 1 saturated heterocycles. The fourth-order valence-corrected chi connectivity index (χ4v) is 7.19. The Hall–Kier alpha value is -0.228. The van der Waals surface area contributed by atoms with Gasteiger partial charge < -0.3 is 5.73 Å². The van der Waals surface area contributed by atoms with Crippen LogP contribution in [0.2, 0.25) is 3.48 Å². The molecular weight excluding hydrogens is 628 g/mol. The van der Waals surface area contributed by atoms with Gasteiger partial charge in [-0.15, -0.1) is 0 Å². The fourth-order valence-electron chi connectivity index (χ4n) is 5.39. The average Bonchev–Trinajstić information content (AvgIpc) is 2.79. The van der Waals surface area contributed by atoms with Gasteiger partial charge in [0, 0.05) is 0 Å². The molecule has 0 bridgehead atoms. The molecule has 2 heterocycles. The second kappa shape index (κ2) is 13.9. The van der Waals surface area contributed by atoms with Gasteiger partial charge in [0.15, 0.2) is 0 Å². The van der Waals surface area contributed by atoms with Crippen LogP contribution in [0.4, 0.5) is 8.78 Å². The number of nitrogens with one attached hydrogen (secondary N) is 1. The maximum absolute atomic E-state index is 13.5. The second-order valence-corrected chi connectivity index (χ2v) is 13.4. The molecule has 2 fully saturated rings. The van der Waals surface area contributed by atoms with Gasteiger partial charge >= 0.3 is 204 Å². The van der Waals surface area contributed by atoms with Crippen LogP contribution in [0.3, 0.4) is 0 Å². The van der Waals surface area contributed by atoms with Crippen LogP contribution in [-0.4, -0.2) is 98.3 Å². The van der Waals surface area contributed by atoms with Gasteiger partial charge in [0.1, 0.15) is 0 Å². The molecule has 2 atom stereocenters. The van der Waals surface area contributed by atoms with E-state index in [0.29, 0.717) is 15.4 Å². The number of halogens is 2. The Morgan fingerprint density at radius 3 is 2.76 bits per heavy atom. The van der Waals surface area contributed by atoms with Crippen LogP contribution in [0.25, 0.3) is 0 Å². The number of alkyl halides is 2. The summed E-state index contributed by atoms with van der Waals surface area (Å²) in [7, 11) is 0. The first-order valence-electron chi connectivity index (χ1n) is 13.1. The van der Waals surface area contributed by atoms with E-state index in [1.807, 2.05) is 6.20 Å². The number of nitrogens with two attached hydrogens (primary N) is 1. The van der Waals surface area contributed by atoms with Crippen LogP contribution in [0, 0.1) is 19.8 Å². The Labute approximate surface area is 221 Å². The minimum absolute atomic E-state index is 0.0986. The standard InChI is InChI=1S/C26H44F2N5.Pb/c1-21-16-22(2)25(31-17-21)20-33(13-4-3-11-29)19-24-18-32(15-12-30-24)14-5-6-23-7-9-26(27,28)10-8-23;/h6,16-17,23-24,30H,3-5,7-15,18-20,29H2,1-2H3;. The average molecular weight is 672 g/mol. The number of nitrogens with zero attached hydrogens (tertiary/aromatic N) is 3. The molecule has 0 aromatic carbocycles. The van der Waals surface area contributed by atoms with Crippen LogP contribution >= 0.6 is 0 Å². The van der Waals surface area contributed by atoms with Crippen LogP contribution in [-0.2, 0) is 6.54 Å². The molecule has 3 rings (SSSR count). The molecule has 5 nitrogen and oxygen atoms in total. The fraction of sp³-hybridized carbons (Fsp3) is 0.808. The monoisotopic (exact) mass is 672 g/mol. The van der Waals surface area contributed by atoms with Crippen LogP contribution in [0.15, 0.2) is 12.3 Å². The molecule has 1 aliphatic carbocycles. The van der Waals surface area contributed by atoms with Crippen molar-refractivity contribution in [1.29, 1.82) is 0 Å². The summed E-state index contributed by atoms with van der Waals surface area (Å²) in [6, 6.07) is 2.66. The van der Waals surface area contributed by atoms with Gasteiger partial charge in [0.2, 0.25) is 0 Å². The molecule has 3 N–H and O–H groups in total. The number of aromatic nitrogens is 1. The van der Waals surface area contributed by atoms with E-state index < -0.39 is 5.92 Å². The minimum atomic E-state index is -2.41. The van der Waals surface area contributed by atoms with Crippen LogP contribution in [0.5, 0.6) is 0 Å². The molecule has 8 heteroatoms. The van der Waals surface area contributed by atoms with E-state index in [0.717, 1.165) is 104 Å². The quantitative estimate of drug-likeness (QED) is 0.263. The van der Waals surface area contributed by atoms with Gasteiger partial charge in [0.05, 0.1) is 0 Å². The Morgan fingerprint density at radius 2 is 2.06 bits per heavy atom. The summed E-state index contributed by atoms with van der Waals surface area (Å²) in [6.45, 7) is 12.2. The summed E-state index contributed by atoms with van der Waals surface area (Å²) in [4.78, 5) is 9.85. The number of rotatable bonds is 12. The van der Waals surface area contributed by atoms with E-state index in [1.165, 1.54) is 23.2 Å². The van der Waals surface area contributed by atoms with Gasteiger partial charge in [-0.05, 0) is 12.5 Å². The van der Waals surface area contributed by atoms with E-state index in [1.54, 1.807) is 0 Å². The zero-order valence-electron chi connectivity index (χ0n) is 21.2. The summed E-state index contributed by atoms with van der Waals surface area (Å²) in [5, 5.41) is 3.74. The van der Waals surface area contributed by atoms with Gasteiger partial charge in [-0.1, -0.05) is 0 Å². The van der Waals surface area contributed by atoms with Crippen molar-refractivity contribution in [2.75, 3.05) is 45.8 Å². The second-order valence-electron chi connectivity index (χ2n) is 10.5. The van der Waals surface area contributed by atoms with Gasteiger partial charge in [-0.25, -0.2) is 0 Å². The number of aryl methyl sites for hydroxylation is 2. The van der Waals surface area contributed by atoms with Crippen molar-refractivity contribution in [3.8, 4) is 0 Å². The van der Waals surface area contributed by atoms with Crippen molar-refractivity contribution < 1.29 is 8.78 Å². The maximum atomic E-state index is 13.5. The van der Waals surface area contributed by atoms with E-state index >= 15 is 0 Å². The zero-order chi connectivity index (χ0) is 24.6. The zero-order valence-corrected chi connectivity index (χ0v) is 25.1. The number of unbranched alkanes of at least 4 members (excludes halogenated alkanes) is 1. The molecule has 34 heavy (non-hydrogen) atoms. The molecule has 2 unspecified atom stereocenters. The van der Waals surface area contributed by atoms with Crippen molar-refractivity contribution >= 4 is 25.8 Å². The van der Waals surface area contributed by atoms with Crippen LogP contribution < -0.4 is 11.1 Å². The summed E-state index contributed by atoms with van der Waals surface area (Å²) < 4.78 is 27.7. The predicted octanol–water partition coefficient (Wildman–Crippen LogP) is 3.69. The van der Waals surface area contributed by atoms with Crippen molar-refractivity contribution in [2.24, 2.45) is 11.7 Å². The van der Waals surface area contributed by atoms with Gasteiger partial charge in [0.25, 0.3) is 0 Å². The predicted molar refractivity (Wildman–Crippen MR) is 137 cm³/mol. The van der Waals surface area contributed by atoms with Crippen molar-refractivity contribution in [3.63, 3.8) is 0 Å². The van der Waals surface area contributed by atoms with Gasteiger partial charge in [-0.3, -0.25) is 0 Å². The Morgan fingerprint density at radius 1 is 1.29 bits per heavy atom. The Bertz CT molecular complexity index is 740. The topological polar surface area (TPSA) is 57.4 Å². The molecule has 3 radical (unpaired) electrons. The molecule has 191 valence electrons. The number of hydrogen-bond acceptors (Lipinski definition) is 5. The molecule has 0 spiro atoms.